The van der Waals surface area contributed by atoms with E-state index < -0.39 is 12.0 Å². The Morgan fingerprint density at radius 3 is 2.40 bits per heavy atom. The van der Waals surface area contributed by atoms with E-state index in [0.717, 1.165) is 5.69 Å². The summed E-state index contributed by atoms with van der Waals surface area (Å²) >= 11 is 0. The minimum Gasteiger partial charge on any atom is -0.479 e. The molecule has 2 aromatic heterocycles. The lowest BCUT2D eigenvalue weighted by Crippen LogP contribution is -2.21. The van der Waals surface area contributed by atoms with Crippen LogP contribution >= 0.6 is 0 Å². The Hall–Kier alpha value is -1.97. The van der Waals surface area contributed by atoms with Crippen molar-refractivity contribution in [2.75, 3.05) is 0 Å². The van der Waals surface area contributed by atoms with Gasteiger partial charge in [-0.05, 0) is 24.3 Å². The number of aromatic nitrogens is 2. The quantitative estimate of drug-likeness (QED) is 0.823. The van der Waals surface area contributed by atoms with Gasteiger partial charge in [0.05, 0.1) is 5.69 Å². The number of carboxylic acid groups (broad SMARTS) is 1. The highest BCUT2D eigenvalue weighted by molar-refractivity contribution is 5.75. The molecule has 2 aromatic rings. The third-order valence-electron chi connectivity index (χ3n) is 2.42. The Kier molecular flexibility index (Phi) is 2.33. The summed E-state index contributed by atoms with van der Waals surface area (Å²) in [5.41, 5.74) is 0.763. The molecule has 2 heterocycles. The molecule has 0 aliphatic rings. The van der Waals surface area contributed by atoms with E-state index in [1.165, 1.54) is 0 Å². The van der Waals surface area contributed by atoms with Gasteiger partial charge in [-0.25, -0.2) is 4.79 Å². The smallest absolute Gasteiger partial charge is 0.332 e. The van der Waals surface area contributed by atoms with E-state index in [1.807, 2.05) is 42.1 Å². The van der Waals surface area contributed by atoms with Gasteiger partial charge in [-0.3, -0.25) is 0 Å². The van der Waals surface area contributed by atoms with Gasteiger partial charge in [-0.15, -0.1) is 0 Å². The molecule has 0 unspecified atom stereocenters. The third kappa shape index (κ3) is 1.66. The Labute approximate surface area is 87.4 Å². The molecule has 0 amide bonds. The number of hydrogen-bond donors (Lipinski definition) is 1. The molecule has 1 N–H and O–H groups in total. The summed E-state index contributed by atoms with van der Waals surface area (Å²) in [6.45, 7) is 0. The predicted molar refractivity (Wildman–Crippen MR) is 55.6 cm³/mol. The van der Waals surface area contributed by atoms with Gasteiger partial charge in [0.25, 0.3) is 0 Å². The van der Waals surface area contributed by atoms with Gasteiger partial charge >= 0.3 is 5.97 Å². The zero-order valence-corrected chi connectivity index (χ0v) is 8.37. The number of nitrogens with zero attached hydrogens (tertiary/aromatic N) is 2. The number of aryl methyl sites for hydroxylation is 1. The van der Waals surface area contributed by atoms with Crippen molar-refractivity contribution in [3.05, 3.63) is 48.5 Å². The Bertz CT molecular complexity index is 457. The number of aliphatic carboxylic acids is 1. The standard InChI is InChI=1S/C11H12N2O2/c1-12-6-4-5-9(12)10(11(14)15)13-7-2-3-8-13/h2-8,10H,1H3,(H,14,15)/t10-/m1/s1. The molecule has 0 radical (unpaired) electrons. The van der Waals surface area contributed by atoms with Crippen LogP contribution in [0.4, 0.5) is 0 Å². The van der Waals surface area contributed by atoms with Gasteiger partial charge in [0.15, 0.2) is 6.04 Å². The Morgan fingerprint density at radius 1 is 1.27 bits per heavy atom. The molecule has 78 valence electrons. The molecule has 0 saturated carbocycles. The summed E-state index contributed by atoms with van der Waals surface area (Å²) in [5, 5.41) is 9.21. The molecule has 0 aliphatic carbocycles. The normalized spacial score (nSPS) is 12.6. The van der Waals surface area contributed by atoms with Crippen molar-refractivity contribution in [3.8, 4) is 0 Å². The number of hydrogen-bond acceptors (Lipinski definition) is 1. The first kappa shape index (κ1) is 9.58. The van der Waals surface area contributed by atoms with Crippen molar-refractivity contribution >= 4 is 5.97 Å². The number of carboxylic acids is 1. The first-order valence-electron chi connectivity index (χ1n) is 4.66. The highest BCUT2D eigenvalue weighted by atomic mass is 16.4. The van der Waals surface area contributed by atoms with Crippen molar-refractivity contribution in [2.45, 2.75) is 6.04 Å². The molecule has 0 aromatic carbocycles. The molecule has 0 bridgehead atoms. The van der Waals surface area contributed by atoms with E-state index >= 15 is 0 Å². The van der Waals surface area contributed by atoms with Crippen LogP contribution in [-0.2, 0) is 11.8 Å². The van der Waals surface area contributed by atoms with Crippen LogP contribution < -0.4 is 0 Å². The molecule has 0 fully saturated rings. The van der Waals surface area contributed by atoms with Crippen LogP contribution in [0.2, 0.25) is 0 Å². The van der Waals surface area contributed by atoms with Gasteiger partial charge < -0.3 is 14.2 Å². The fraction of sp³-hybridized carbons (Fsp3) is 0.182. The van der Waals surface area contributed by atoms with Crippen LogP contribution in [0.3, 0.4) is 0 Å². The summed E-state index contributed by atoms with van der Waals surface area (Å²) in [6.07, 6.45) is 5.35. The first-order valence-corrected chi connectivity index (χ1v) is 4.66. The fourth-order valence-corrected chi connectivity index (χ4v) is 1.69. The average Bonchev–Trinajstić information content (AvgIpc) is 2.79. The first-order chi connectivity index (χ1) is 7.20. The van der Waals surface area contributed by atoms with Crippen LogP contribution in [0, 0.1) is 0 Å². The monoisotopic (exact) mass is 204 g/mol. The van der Waals surface area contributed by atoms with Gasteiger partial charge in [-0.1, -0.05) is 0 Å². The molecule has 2 rings (SSSR count). The molecule has 15 heavy (non-hydrogen) atoms. The molecular formula is C11H12N2O2. The molecule has 1 atom stereocenters. The minimum atomic E-state index is -0.854. The second-order valence-corrected chi connectivity index (χ2v) is 3.41. The number of rotatable bonds is 3. The third-order valence-corrected chi connectivity index (χ3v) is 2.42. The minimum absolute atomic E-state index is 0.653. The molecule has 0 saturated heterocycles. The van der Waals surface area contributed by atoms with Crippen molar-refractivity contribution in [1.82, 2.24) is 9.13 Å². The second-order valence-electron chi connectivity index (χ2n) is 3.41. The number of carbonyl (C=O) groups is 1. The fourth-order valence-electron chi connectivity index (χ4n) is 1.69. The average molecular weight is 204 g/mol. The maximum absolute atomic E-state index is 11.2. The maximum atomic E-state index is 11.2. The zero-order valence-electron chi connectivity index (χ0n) is 8.37. The molecular weight excluding hydrogens is 192 g/mol. The Morgan fingerprint density at radius 2 is 1.93 bits per heavy atom. The van der Waals surface area contributed by atoms with Crippen molar-refractivity contribution in [2.24, 2.45) is 7.05 Å². The van der Waals surface area contributed by atoms with E-state index in [2.05, 4.69) is 0 Å². The van der Waals surface area contributed by atoms with Crippen molar-refractivity contribution < 1.29 is 9.90 Å². The van der Waals surface area contributed by atoms with Crippen LogP contribution in [0.1, 0.15) is 11.7 Å². The lowest BCUT2D eigenvalue weighted by molar-refractivity contribution is -0.139. The van der Waals surface area contributed by atoms with Gasteiger partial charge in [0.1, 0.15) is 0 Å². The van der Waals surface area contributed by atoms with E-state index in [4.69, 9.17) is 0 Å². The Balaban J connectivity index is 2.46. The van der Waals surface area contributed by atoms with Crippen LogP contribution in [0.25, 0.3) is 0 Å². The lowest BCUT2D eigenvalue weighted by Gasteiger charge is -2.15. The second kappa shape index (κ2) is 3.65. The summed E-state index contributed by atoms with van der Waals surface area (Å²) in [6, 6.07) is 6.64. The molecule has 4 heteroatoms. The predicted octanol–water partition coefficient (Wildman–Crippen LogP) is 1.50. The van der Waals surface area contributed by atoms with E-state index in [9.17, 15) is 9.90 Å². The van der Waals surface area contributed by atoms with E-state index in [1.54, 1.807) is 17.0 Å². The molecule has 4 nitrogen and oxygen atoms in total. The van der Waals surface area contributed by atoms with Gasteiger partial charge in [0, 0.05) is 25.6 Å². The molecule has 0 spiro atoms. The van der Waals surface area contributed by atoms with Crippen molar-refractivity contribution in [1.29, 1.82) is 0 Å². The highest BCUT2D eigenvalue weighted by Gasteiger charge is 2.22. The van der Waals surface area contributed by atoms with Crippen LogP contribution in [0.5, 0.6) is 0 Å². The summed E-state index contributed by atoms with van der Waals surface area (Å²) in [4.78, 5) is 11.2. The van der Waals surface area contributed by atoms with E-state index in [0.29, 0.717) is 0 Å². The zero-order chi connectivity index (χ0) is 10.8. The van der Waals surface area contributed by atoms with Gasteiger partial charge in [-0.2, -0.15) is 0 Å². The SMILES string of the molecule is Cn1cccc1[C@H](C(=O)O)n1cccc1. The largest absolute Gasteiger partial charge is 0.479 e. The maximum Gasteiger partial charge on any atom is 0.332 e. The summed E-state index contributed by atoms with van der Waals surface area (Å²) < 4.78 is 3.50. The summed E-state index contributed by atoms with van der Waals surface area (Å²) in [5.74, 6) is -0.854. The van der Waals surface area contributed by atoms with E-state index in [-0.39, 0.29) is 0 Å². The molecule has 0 aliphatic heterocycles. The van der Waals surface area contributed by atoms with Gasteiger partial charge in [0.2, 0.25) is 0 Å². The van der Waals surface area contributed by atoms with Crippen LogP contribution in [0.15, 0.2) is 42.9 Å². The highest BCUT2D eigenvalue weighted by Crippen LogP contribution is 2.18. The van der Waals surface area contributed by atoms with Crippen LogP contribution in [-0.4, -0.2) is 20.2 Å². The van der Waals surface area contributed by atoms with Crippen molar-refractivity contribution in [3.63, 3.8) is 0 Å². The topological polar surface area (TPSA) is 47.2 Å². The summed E-state index contributed by atoms with van der Waals surface area (Å²) in [7, 11) is 1.84. The lowest BCUT2D eigenvalue weighted by atomic mass is 10.2.